The Kier molecular flexibility index (Phi) is 5.17. The van der Waals surface area contributed by atoms with Gasteiger partial charge in [0.05, 0.1) is 37.7 Å². The van der Waals surface area contributed by atoms with Crippen molar-refractivity contribution in [1.29, 1.82) is 0 Å². The van der Waals surface area contributed by atoms with Gasteiger partial charge in [-0.3, -0.25) is 19.2 Å². The predicted octanol–water partition coefficient (Wildman–Crippen LogP) is 6.39. The Hall–Kier alpha value is -4.42. The third kappa shape index (κ3) is 3.47. The quantitative estimate of drug-likeness (QED) is 0.152. The molecule has 12 heteroatoms. The molecule has 0 unspecified atom stereocenters. The van der Waals surface area contributed by atoms with Gasteiger partial charge < -0.3 is 0 Å². The van der Waals surface area contributed by atoms with E-state index in [-0.39, 0.29) is 33.4 Å². The summed E-state index contributed by atoms with van der Waals surface area (Å²) in [5, 5.41) is 0.654. The van der Waals surface area contributed by atoms with Crippen LogP contribution in [0, 0.1) is 23.3 Å². The summed E-state index contributed by atoms with van der Waals surface area (Å²) in [6.45, 7) is 3.73. The molecule has 0 bridgehead atoms. The lowest BCUT2D eigenvalue weighted by Crippen LogP contribution is -2.17. The monoisotopic (exact) mass is 592 g/mol. The van der Waals surface area contributed by atoms with E-state index in [0.29, 0.717) is 55.4 Å². The third-order valence-corrected chi connectivity index (χ3v) is 9.46. The van der Waals surface area contributed by atoms with Crippen LogP contribution in [0.15, 0.2) is 35.4 Å². The van der Waals surface area contributed by atoms with Gasteiger partial charge in [0.25, 0.3) is 0 Å². The van der Waals surface area contributed by atoms with Gasteiger partial charge in [-0.1, -0.05) is 0 Å². The number of benzene rings is 2. The van der Waals surface area contributed by atoms with Crippen LogP contribution < -0.4 is 0 Å². The van der Waals surface area contributed by atoms with E-state index in [2.05, 4.69) is 9.97 Å². The zero-order valence-electron chi connectivity index (χ0n) is 20.8. The molecule has 0 amide bonds. The molecule has 0 aliphatic heterocycles. The molecule has 0 atom stereocenters. The van der Waals surface area contributed by atoms with Crippen molar-refractivity contribution in [3.05, 3.63) is 102 Å². The summed E-state index contributed by atoms with van der Waals surface area (Å²) in [5.74, 6) is -7.81. The second kappa shape index (κ2) is 8.30. The van der Waals surface area contributed by atoms with Gasteiger partial charge in [0, 0.05) is 22.3 Å². The summed E-state index contributed by atoms with van der Waals surface area (Å²) in [6, 6.07) is 2.84. The first kappa shape index (κ1) is 25.5. The SMILES string of the molecule is CC1(C)c2nc(C=C3C(=O)c4cc(F)c(F)cc4C3=O)sc2-c2sc(C=C3C(=O)c4cc(F)c(F)cc4C3=O)nc21. The molecule has 2 aromatic heterocycles. The number of carbonyl (C=O) groups excluding carboxylic acids is 4. The molecule has 0 radical (unpaired) electrons. The Morgan fingerprint density at radius 1 is 0.585 bits per heavy atom. The number of thiazole rings is 2. The normalized spacial score (nSPS) is 16.3. The average molecular weight is 593 g/mol. The molecule has 0 fully saturated rings. The van der Waals surface area contributed by atoms with Crippen molar-refractivity contribution < 1.29 is 36.7 Å². The number of hydrogen-bond acceptors (Lipinski definition) is 8. The van der Waals surface area contributed by atoms with Crippen molar-refractivity contribution in [2.45, 2.75) is 19.3 Å². The van der Waals surface area contributed by atoms with Gasteiger partial charge >= 0.3 is 0 Å². The molecule has 0 saturated carbocycles. The number of carbonyl (C=O) groups is 4. The van der Waals surface area contributed by atoms with Gasteiger partial charge in [0.15, 0.2) is 46.4 Å². The van der Waals surface area contributed by atoms with Gasteiger partial charge in [0.2, 0.25) is 0 Å². The maximum atomic E-state index is 13.7. The first-order chi connectivity index (χ1) is 19.4. The highest BCUT2D eigenvalue weighted by Gasteiger charge is 2.43. The van der Waals surface area contributed by atoms with E-state index in [1.165, 1.54) is 34.8 Å². The van der Waals surface area contributed by atoms with Gasteiger partial charge in [-0.15, -0.1) is 22.7 Å². The molecule has 7 rings (SSSR count). The zero-order chi connectivity index (χ0) is 29.1. The fraction of sp³-hybridized carbons (Fsp3) is 0.103. The molecule has 41 heavy (non-hydrogen) atoms. The number of fused-ring (bicyclic) bond motifs is 5. The van der Waals surface area contributed by atoms with Gasteiger partial charge in [-0.25, -0.2) is 27.5 Å². The van der Waals surface area contributed by atoms with Crippen LogP contribution in [0.1, 0.15) is 76.7 Å². The number of Topliss-reactive ketones (excluding diaryl/α,β-unsaturated/α-hetero) is 4. The predicted molar refractivity (Wildman–Crippen MR) is 141 cm³/mol. The number of rotatable bonds is 2. The first-order valence-corrected chi connectivity index (χ1v) is 13.6. The molecule has 0 spiro atoms. The van der Waals surface area contributed by atoms with Gasteiger partial charge in [-0.05, 0) is 50.3 Å². The Balaban J connectivity index is 1.26. The standard InChI is InChI=1S/C29H12F4N2O4S2/c1-29(2)27-25(40-19(34-27)7-13-21(36)9-3-15(30)16(31)4-10(9)22(13)37)26-28(29)35-20(41-26)8-14-23(38)11-5-17(32)18(33)6-12(11)24(14)39/h3-8H,1-2H3. The molecule has 2 aromatic carbocycles. The topological polar surface area (TPSA) is 94.1 Å². The minimum absolute atomic E-state index is 0.212. The number of nitrogens with zero attached hydrogens (tertiary/aromatic N) is 2. The highest BCUT2D eigenvalue weighted by Crippen LogP contribution is 2.53. The van der Waals surface area contributed by atoms with Gasteiger partial charge in [-0.2, -0.15) is 0 Å². The van der Waals surface area contributed by atoms with Crippen LogP contribution in [-0.4, -0.2) is 33.1 Å². The summed E-state index contributed by atoms with van der Waals surface area (Å²) in [5.41, 5.74) is -0.796. The molecular weight excluding hydrogens is 580 g/mol. The van der Waals surface area contributed by atoms with Gasteiger partial charge in [0.1, 0.15) is 10.0 Å². The minimum atomic E-state index is -1.23. The van der Waals surface area contributed by atoms with Crippen LogP contribution in [0.3, 0.4) is 0 Å². The minimum Gasteiger partial charge on any atom is -0.288 e. The summed E-state index contributed by atoms with van der Waals surface area (Å²) < 4.78 is 54.8. The maximum absolute atomic E-state index is 13.7. The number of halogens is 4. The van der Waals surface area contributed by atoms with E-state index in [4.69, 9.17) is 0 Å². The fourth-order valence-electron chi connectivity index (χ4n) is 5.20. The smallest absolute Gasteiger partial charge is 0.197 e. The summed E-state index contributed by atoms with van der Waals surface area (Å²) in [4.78, 5) is 61.9. The third-order valence-electron chi connectivity index (χ3n) is 7.29. The van der Waals surface area contributed by atoms with Crippen molar-refractivity contribution in [3.63, 3.8) is 0 Å². The Labute approximate surface area is 235 Å². The van der Waals surface area contributed by atoms with E-state index in [9.17, 15) is 36.7 Å². The summed E-state index contributed by atoms with van der Waals surface area (Å²) >= 11 is 2.37. The molecule has 2 heterocycles. The number of allylic oxidation sites excluding steroid dienone is 2. The van der Waals surface area contributed by atoms with Crippen LogP contribution >= 0.6 is 22.7 Å². The lowest BCUT2D eigenvalue weighted by atomic mass is 9.90. The van der Waals surface area contributed by atoms with E-state index >= 15 is 0 Å². The molecule has 0 saturated heterocycles. The van der Waals surface area contributed by atoms with Crippen LogP contribution in [0.4, 0.5) is 17.6 Å². The zero-order valence-corrected chi connectivity index (χ0v) is 22.5. The van der Waals surface area contributed by atoms with Crippen molar-refractivity contribution in [2.24, 2.45) is 0 Å². The van der Waals surface area contributed by atoms with E-state index in [1.54, 1.807) is 0 Å². The lowest BCUT2D eigenvalue weighted by Gasteiger charge is -2.16. The number of hydrogen-bond donors (Lipinski definition) is 0. The molecule has 4 aromatic rings. The summed E-state index contributed by atoms with van der Waals surface area (Å²) in [6.07, 6.45) is 2.60. The Morgan fingerprint density at radius 3 is 1.17 bits per heavy atom. The largest absolute Gasteiger partial charge is 0.288 e. The maximum Gasteiger partial charge on any atom is 0.197 e. The second-order valence-corrected chi connectivity index (χ2v) is 12.2. The first-order valence-electron chi connectivity index (χ1n) is 12.0. The van der Waals surface area contributed by atoms with E-state index in [1.807, 2.05) is 13.8 Å². The van der Waals surface area contributed by atoms with E-state index in [0.717, 1.165) is 0 Å². The molecule has 0 N–H and O–H groups in total. The Morgan fingerprint density at radius 2 is 0.878 bits per heavy atom. The van der Waals surface area contributed by atoms with Crippen LogP contribution in [0.2, 0.25) is 0 Å². The van der Waals surface area contributed by atoms with Crippen molar-refractivity contribution in [2.75, 3.05) is 0 Å². The molecule has 3 aliphatic rings. The van der Waals surface area contributed by atoms with Crippen molar-refractivity contribution in [3.8, 4) is 9.75 Å². The number of aromatic nitrogens is 2. The lowest BCUT2D eigenvalue weighted by molar-refractivity contribution is 0.0975. The van der Waals surface area contributed by atoms with E-state index < -0.39 is 51.8 Å². The van der Waals surface area contributed by atoms with Crippen LogP contribution in [0.25, 0.3) is 21.9 Å². The molecule has 6 nitrogen and oxygen atoms in total. The summed E-state index contributed by atoms with van der Waals surface area (Å²) in [7, 11) is 0. The highest BCUT2D eigenvalue weighted by atomic mass is 32.1. The fourth-order valence-corrected chi connectivity index (χ4v) is 7.67. The average Bonchev–Trinajstić information content (AvgIpc) is 3.67. The molecular formula is C29H12F4N2O4S2. The molecule has 202 valence electrons. The van der Waals surface area contributed by atoms with Crippen molar-refractivity contribution in [1.82, 2.24) is 9.97 Å². The van der Waals surface area contributed by atoms with Crippen molar-refractivity contribution >= 4 is 58.0 Å². The van der Waals surface area contributed by atoms with Crippen LogP contribution in [0.5, 0.6) is 0 Å². The van der Waals surface area contributed by atoms with Crippen LogP contribution in [-0.2, 0) is 5.41 Å². The molecule has 3 aliphatic carbocycles. The Bertz CT molecular complexity index is 1820. The number of ketones is 4. The highest BCUT2D eigenvalue weighted by molar-refractivity contribution is 7.23. The second-order valence-electron chi connectivity index (χ2n) is 10.1.